The van der Waals surface area contributed by atoms with Crippen molar-refractivity contribution >= 4 is 17.8 Å². The van der Waals surface area contributed by atoms with Gasteiger partial charge in [-0.15, -0.1) is 0 Å². The van der Waals surface area contributed by atoms with Gasteiger partial charge in [-0.3, -0.25) is 9.59 Å². The molecule has 2 aliphatic rings. The number of hydrogen-bond acceptors (Lipinski definition) is 5. The normalized spacial score (nSPS) is 24.0. The second-order valence-electron chi connectivity index (χ2n) is 7.02. The molecule has 2 saturated heterocycles. The first kappa shape index (κ1) is 19.7. The summed E-state index contributed by atoms with van der Waals surface area (Å²) < 4.78 is 0. The summed E-state index contributed by atoms with van der Waals surface area (Å²) in [6.45, 7) is 4.30. The maximum Gasteiger partial charge on any atom is 0.326 e. The summed E-state index contributed by atoms with van der Waals surface area (Å²) in [6.07, 6.45) is 3.38. The molecule has 3 atom stereocenters. The molecular weight excluding hydrogens is 326 g/mol. The van der Waals surface area contributed by atoms with E-state index in [0.717, 1.165) is 25.9 Å². The average Bonchev–Trinajstić information content (AvgIpc) is 3.08. The number of rotatable bonds is 8. The molecule has 0 radical (unpaired) electrons. The average molecular weight is 355 g/mol. The van der Waals surface area contributed by atoms with E-state index in [1.54, 1.807) is 6.92 Å². The molecule has 0 aromatic heterocycles. The van der Waals surface area contributed by atoms with Gasteiger partial charge in [-0.05, 0) is 64.6 Å². The molecule has 0 aromatic rings. The molecule has 8 nitrogen and oxygen atoms in total. The van der Waals surface area contributed by atoms with Crippen LogP contribution in [0.1, 0.15) is 39.0 Å². The number of nitrogens with zero attached hydrogens (tertiary/aromatic N) is 1. The molecule has 0 aromatic carbocycles. The molecule has 0 aliphatic carbocycles. The summed E-state index contributed by atoms with van der Waals surface area (Å²) in [6, 6.07) is -1.25. The van der Waals surface area contributed by atoms with Gasteiger partial charge in [0.25, 0.3) is 0 Å². The smallest absolute Gasteiger partial charge is 0.326 e. The molecule has 2 rings (SSSR count). The van der Waals surface area contributed by atoms with Gasteiger partial charge in [0.1, 0.15) is 6.04 Å². The summed E-state index contributed by atoms with van der Waals surface area (Å²) >= 11 is 0. The van der Waals surface area contributed by atoms with Crippen LogP contribution in [0.25, 0.3) is 0 Å². The summed E-state index contributed by atoms with van der Waals surface area (Å²) in [5.74, 6) is -2.20. The monoisotopic (exact) mass is 355 g/mol. The lowest BCUT2D eigenvalue weighted by Crippen LogP contribution is -2.49. The minimum absolute atomic E-state index is 0.168. The summed E-state index contributed by atoms with van der Waals surface area (Å²) in [5.41, 5.74) is 0. The summed E-state index contributed by atoms with van der Waals surface area (Å²) in [7, 11) is 0. The molecule has 0 bridgehead atoms. The van der Waals surface area contributed by atoms with Crippen LogP contribution in [0.2, 0.25) is 0 Å². The van der Waals surface area contributed by atoms with Crippen molar-refractivity contribution in [3.05, 3.63) is 0 Å². The van der Waals surface area contributed by atoms with Crippen LogP contribution < -0.4 is 10.6 Å². The number of carboxylic acids is 2. The highest BCUT2D eigenvalue weighted by molar-refractivity contribution is 5.87. The van der Waals surface area contributed by atoms with Crippen molar-refractivity contribution in [3.63, 3.8) is 0 Å². The van der Waals surface area contributed by atoms with Gasteiger partial charge in [-0.1, -0.05) is 0 Å². The number of likely N-dealkylation sites (tertiary alicyclic amines) is 1. The van der Waals surface area contributed by atoms with Crippen LogP contribution >= 0.6 is 0 Å². The Kier molecular flexibility index (Phi) is 7.19. The largest absolute Gasteiger partial charge is 0.481 e. The van der Waals surface area contributed by atoms with Gasteiger partial charge in [0.05, 0.1) is 12.0 Å². The molecule has 0 spiro atoms. The Balaban J connectivity index is 1.81. The van der Waals surface area contributed by atoms with Crippen molar-refractivity contribution in [3.8, 4) is 0 Å². The van der Waals surface area contributed by atoms with E-state index < -0.39 is 29.9 Å². The molecule has 2 heterocycles. The third-order valence-electron chi connectivity index (χ3n) is 5.37. The van der Waals surface area contributed by atoms with E-state index in [2.05, 4.69) is 10.6 Å². The Bertz CT molecular complexity index is 493. The second kappa shape index (κ2) is 9.15. The molecule has 25 heavy (non-hydrogen) atoms. The zero-order valence-corrected chi connectivity index (χ0v) is 14.7. The first-order chi connectivity index (χ1) is 11.9. The van der Waals surface area contributed by atoms with Gasteiger partial charge in [-0.25, -0.2) is 4.79 Å². The van der Waals surface area contributed by atoms with E-state index in [0.29, 0.717) is 32.4 Å². The number of carboxylic acid groups (broad SMARTS) is 2. The quantitative estimate of drug-likeness (QED) is 0.489. The molecule has 8 heteroatoms. The highest BCUT2D eigenvalue weighted by Crippen LogP contribution is 2.25. The summed E-state index contributed by atoms with van der Waals surface area (Å²) in [5, 5.41) is 25.0. The third kappa shape index (κ3) is 5.15. The van der Waals surface area contributed by atoms with Crippen molar-refractivity contribution in [2.24, 2.45) is 11.8 Å². The highest BCUT2D eigenvalue weighted by Gasteiger charge is 2.36. The van der Waals surface area contributed by atoms with Crippen LogP contribution in [-0.4, -0.2) is 71.2 Å². The predicted octanol–water partition coefficient (Wildman–Crippen LogP) is 0.131. The fourth-order valence-electron chi connectivity index (χ4n) is 3.89. The minimum atomic E-state index is -0.963. The first-order valence-corrected chi connectivity index (χ1v) is 9.12. The van der Waals surface area contributed by atoms with Gasteiger partial charge < -0.3 is 25.7 Å². The predicted molar refractivity (Wildman–Crippen MR) is 91.2 cm³/mol. The molecule has 2 fully saturated rings. The first-order valence-electron chi connectivity index (χ1n) is 9.12. The van der Waals surface area contributed by atoms with Crippen molar-refractivity contribution in [2.45, 2.75) is 51.1 Å². The lowest BCUT2D eigenvalue weighted by atomic mass is 9.83. The van der Waals surface area contributed by atoms with Gasteiger partial charge in [0.15, 0.2) is 0 Å². The van der Waals surface area contributed by atoms with E-state index in [4.69, 9.17) is 0 Å². The third-order valence-corrected chi connectivity index (χ3v) is 5.37. The lowest BCUT2D eigenvalue weighted by molar-refractivity contribution is -0.149. The number of piperidine rings is 1. The van der Waals surface area contributed by atoms with Crippen LogP contribution in [-0.2, 0) is 14.4 Å². The molecule has 142 valence electrons. The Hall–Kier alpha value is -1.67. The van der Waals surface area contributed by atoms with Gasteiger partial charge in [0, 0.05) is 6.54 Å². The minimum Gasteiger partial charge on any atom is -0.481 e. The highest BCUT2D eigenvalue weighted by atomic mass is 16.4. The standard InChI is InChI=1S/C17H29N3O5/c1-11(15(21)20-10-2-3-14(20)17(24)25)19-9-6-13(16(22)23)12-4-7-18-8-5-12/h11-14,18-19H,2-10H2,1H3,(H,22,23)(H,24,25)/t11-,13-,14-/m0/s1. The van der Waals surface area contributed by atoms with E-state index in [1.807, 2.05) is 0 Å². The van der Waals surface area contributed by atoms with Gasteiger partial charge in [-0.2, -0.15) is 0 Å². The van der Waals surface area contributed by atoms with E-state index in [9.17, 15) is 24.6 Å². The molecule has 2 aliphatic heterocycles. The number of hydrogen-bond donors (Lipinski definition) is 4. The number of amides is 1. The number of carbonyl (C=O) groups excluding carboxylic acids is 1. The van der Waals surface area contributed by atoms with Crippen molar-refractivity contribution in [2.75, 3.05) is 26.2 Å². The Morgan fingerprint density at radius 3 is 2.48 bits per heavy atom. The number of nitrogens with one attached hydrogen (secondary N) is 2. The van der Waals surface area contributed by atoms with E-state index in [1.165, 1.54) is 4.90 Å². The second-order valence-corrected chi connectivity index (χ2v) is 7.02. The molecule has 0 saturated carbocycles. The van der Waals surface area contributed by atoms with Crippen LogP contribution in [0, 0.1) is 11.8 Å². The number of carbonyl (C=O) groups is 3. The van der Waals surface area contributed by atoms with E-state index >= 15 is 0 Å². The maximum atomic E-state index is 12.4. The molecule has 0 unspecified atom stereocenters. The van der Waals surface area contributed by atoms with Crippen LogP contribution in [0.3, 0.4) is 0 Å². The molecule has 4 N–H and O–H groups in total. The van der Waals surface area contributed by atoms with Crippen LogP contribution in [0.4, 0.5) is 0 Å². The van der Waals surface area contributed by atoms with Crippen LogP contribution in [0.5, 0.6) is 0 Å². The van der Waals surface area contributed by atoms with Gasteiger partial charge in [0.2, 0.25) is 5.91 Å². The fourth-order valence-corrected chi connectivity index (χ4v) is 3.89. The van der Waals surface area contributed by atoms with Crippen molar-refractivity contribution < 1.29 is 24.6 Å². The Labute approximate surface area is 147 Å². The van der Waals surface area contributed by atoms with Crippen LogP contribution in [0.15, 0.2) is 0 Å². The zero-order valence-electron chi connectivity index (χ0n) is 14.7. The maximum absolute atomic E-state index is 12.4. The van der Waals surface area contributed by atoms with Crippen molar-refractivity contribution in [1.82, 2.24) is 15.5 Å². The van der Waals surface area contributed by atoms with Crippen molar-refractivity contribution in [1.29, 1.82) is 0 Å². The SMILES string of the molecule is C[C@H](NCC[C@H](C(=O)O)C1CCNCC1)C(=O)N1CCC[C@H]1C(=O)O. The fraction of sp³-hybridized carbons (Fsp3) is 0.824. The van der Waals surface area contributed by atoms with E-state index in [-0.39, 0.29) is 11.8 Å². The zero-order chi connectivity index (χ0) is 18.4. The Morgan fingerprint density at radius 1 is 1.20 bits per heavy atom. The topological polar surface area (TPSA) is 119 Å². The summed E-state index contributed by atoms with van der Waals surface area (Å²) in [4.78, 5) is 36.6. The lowest BCUT2D eigenvalue weighted by Gasteiger charge is -2.29. The molecular formula is C17H29N3O5. The number of aliphatic carboxylic acids is 2. The molecule has 1 amide bonds. The Morgan fingerprint density at radius 2 is 1.88 bits per heavy atom. The van der Waals surface area contributed by atoms with Gasteiger partial charge >= 0.3 is 11.9 Å².